The molecular formula is C21H24ClN7O2. The molecule has 2 amide bonds. The van der Waals surface area contributed by atoms with Gasteiger partial charge in [0.05, 0.1) is 19.5 Å². The first kappa shape index (κ1) is 20.9. The maximum absolute atomic E-state index is 12.7. The molecular weight excluding hydrogens is 418 g/mol. The number of anilines is 2. The number of pyridine rings is 1. The summed E-state index contributed by atoms with van der Waals surface area (Å²) in [6.07, 6.45) is 4.20. The number of nitrogens with one attached hydrogen (secondary N) is 2. The summed E-state index contributed by atoms with van der Waals surface area (Å²) < 4.78 is 6.99. The monoisotopic (exact) mass is 441 g/mol. The standard InChI is InChI=1S/C21H24ClN7O2/c1-28-20(12-24-27-28)29-10-9-19(17(13-29)18-8-7-16(31-2)11-23-18)26-21(30)25-15-5-3-14(22)4-6-15/h3-8,11-12,17,19H,9-10,13H2,1-2H3,(H2,25,26,30)/t17-,19+/m0/s1. The highest BCUT2D eigenvalue weighted by atomic mass is 35.5. The first-order valence-corrected chi connectivity index (χ1v) is 10.3. The van der Waals surface area contributed by atoms with Crippen molar-refractivity contribution in [3.05, 3.63) is 59.5 Å². The highest BCUT2D eigenvalue weighted by Gasteiger charge is 2.33. The molecule has 1 aliphatic heterocycles. The number of nitrogens with zero attached hydrogens (tertiary/aromatic N) is 5. The van der Waals surface area contributed by atoms with E-state index in [1.54, 1.807) is 48.5 Å². The number of hydrogen-bond acceptors (Lipinski definition) is 6. The molecule has 10 heteroatoms. The highest BCUT2D eigenvalue weighted by molar-refractivity contribution is 6.30. The van der Waals surface area contributed by atoms with Crippen LogP contribution in [-0.2, 0) is 7.05 Å². The molecule has 1 saturated heterocycles. The number of aryl methyl sites for hydroxylation is 1. The summed E-state index contributed by atoms with van der Waals surface area (Å²) >= 11 is 5.92. The second-order valence-corrected chi connectivity index (χ2v) is 7.83. The maximum Gasteiger partial charge on any atom is 0.319 e. The van der Waals surface area contributed by atoms with E-state index in [2.05, 4.69) is 30.8 Å². The minimum absolute atomic E-state index is 0.0227. The molecule has 0 saturated carbocycles. The summed E-state index contributed by atoms with van der Waals surface area (Å²) in [5, 5.41) is 14.6. The molecule has 2 atom stereocenters. The lowest BCUT2D eigenvalue weighted by Gasteiger charge is -2.39. The van der Waals surface area contributed by atoms with E-state index in [4.69, 9.17) is 16.3 Å². The largest absolute Gasteiger partial charge is 0.495 e. The third kappa shape index (κ3) is 4.88. The number of methoxy groups -OCH3 is 1. The molecule has 1 fully saturated rings. The van der Waals surface area contributed by atoms with Crippen molar-refractivity contribution in [1.82, 2.24) is 25.3 Å². The van der Waals surface area contributed by atoms with Crippen LogP contribution in [0, 0.1) is 0 Å². The van der Waals surface area contributed by atoms with Gasteiger partial charge in [0, 0.05) is 48.5 Å². The van der Waals surface area contributed by atoms with Gasteiger partial charge in [0.25, 0.3) is 0 Å². The van der Waals surface area contributed by atoms with E-state index < -0.39 is 0 Å². The lowest BCUT2D eigenvalue weighted by molar-refractivity contribution is 0.243. The number of benzene rings is 1. The van der Waals surface area contributed by atoms with Gasteiger partial charge >= 0.3 is 6.03 Å². The average molecular weight is 442 g/mol. The highest BCUT2D eigenvalue weighted by Crippen LogP contribution is 2.30. The number of hydrogen-bond donors (Lipinski definition) is 2. The van der Waals surface area contributed by atoms with E-state index in [1.165, 1.54) is 0 Å². The molecule has 1 aromatic carbocycles. The van der Waals surface area contributed by atoms with Gasteiger partial charge in [-0.3, -0.25) is 4.98 Å². The summed E-state index contributed by atoms with van der Waals surface area (Å²) in [6.45, 7) is 1.44. The van der Waals surface area contributed by atoms with Gasteiger partial charge < -0.3 is 20.3 Å². The van der Waals surface area contributed by atoms with Gasteiger partial charge in [0.2, 0.25) is 0 Å². The molecule has 0 aliphatic carbocycles. The van der Waals surface area contributed by atoms with Crippen molar-refractivity contribution in [3.63, 3.8) is 0 Å². The van der Waals surface area contributed by atoms with Gasteiger partial charge in [-0.2, -0.15) is 0 Å². The lowest BCUT2D eigenvalue weighted by atomic mass is 9.89. The first-order chi connectivity index (χ1) is 15.0. The number of rotatable bonds is 5. The predicted molar refractivity (Wildman–Crippen MR) is 119 cm³/mol. The molecule has 0 bridgehead atoms. The number of piperidine rings is 1. The molecule has 0 spiro atoms. The van der Waals surface area contributed by atoms with Gasteiger partial charge in [-0.15, -0.1) is 5.10 Å². The van der Waals surface area contributed by atoms with E-state index in [0.29, 0.717) is 23.0 Å². The molecule has 1 aliphatic rings. The smallest absolute Gasteiger partial charge is 0.319 e. The van der Waals surface area contributed by atoms with E-state index in [0.717, 1.165) is 24.5 Å². The Morgan fingerprint density at radius 2 is 2.00 bits per heavy atom. The van der Waals surface area contributed by atoms with Crippen molar-refractivity contribution in [2.75, 3.05) is 30.4 Å². The average Bonchev–Trinajstić information content (AvgIpc) is 3.21. The van der Waals surface area contributed by atoms with Crippen LogP contribution in [0.15, 0.2) is 48.8 Å². The van der Waals surface area contributed by atoms with Gasteiger partial charge in [-0.05, 0) is 42.8 Å². The zero-order chi connectivity index (χ0) is 21.8. The minimum Gasteiger partial charge on any atom is -0.495 e. The van der Waals surface area contributed by atoms with Crippen LogP contribution in [0.25, 0.3) is 0 Å². The molecule has 2 N–H and O–H groups in total. The van der Waals surface area contributed by atoms with Crippen LogP contribution in [0.4, 0.5) is 16.3 Å². The predicted octanol–water partition coefficient (Wildman–Crippen LogP) is 3.06. The Bertz CT molecular complexity index is 1020. The molecule has 2 aromatic heterocycles. The second-order valence-electron chi connectivity index (χ2n) is 7.39. The van der Waals surface area contributed by atoms with Crippen LogP contribution in [0.3, 0.4) is 0 Å². The number of carbonyl (C=O) groups is 1. The van der Waals surface area contributed by atoms with E-state index in [1.807, 2.05) is 19.2 Å². The normalized spacial score (nSPS) is 18.5. The molecule has 162 valence electrons. The Morgan fingerprint density at radius 1 is 1.19 bits per heavy atom. The summed E-state index contributed by atoms with van der Waals surface area (Å²) in [5.41, 5.74) is 1.57. The Balaban J connectivity index is 1.52. The van der Waals surface area contributed by atoms with Gasteiger partial charge in [0.1, 0.15) is 11.6 Å². The first-order valence-electron chi connectivity index (χ1n) is 9.96. The molecule has 0 radical (unpaired) electrons. The number of urea groups is 1. The van der Waals surface area contributed by atoms with Crippen molar-refractivity contribution < 1.29 is 9.53 Å². The van der Waals surface area contributed by atoms with E-state index >= 15 is 0 Å². The summed E-state index contributed by atoms with van der Waals surface area (Å²) in [5.74, 6) is 1.60. The maximum atomic E-state index is 12.7. The van der Waals surface area contributed by atoms with Gasteiger partial charge in [-0.1, -0.05) is 16.8 Å². The molecule has 3 aromatic rings. The van der Waals surface area contributed by atoms with Crippen molar-refractivity contribution in [2.24, 2.45) is 7.05 Å². The van der Waals surface area contributed by atoms with Crippen LogP contribution in [0.1, 0.15) is 18.0 Å². The van der Waals surface area contributed by atoms with Gasteiger partial charge in [-0.25, -0.2) is 9.48 Å². The Kier molecular flexibility index (Phi) is 6.22. The van der Waals surface area contributed by atoms with Gasteiger partial charge in [0.15, 0.2) is 0 Å². The SMILES string of the molecule is COc1ccc([C@@H]2CN(c3cnnn3C)CC[C@H]2NC(=O)Nc2ccc(Cl)cc2)nc1. The zero-order valence-electron chi connectivity index (χ0n) is 17.3. The van der Waals surface area contributed by atoms with Crippen molar-refractivity contribution in [3.8, 4) is 5.75 Å². The Labute approximate surface area is 185 Å². The fraction of sp³-hybridized carbons (Fsp3) is 0.333. The third-order valence-electron chi connectivity index (χ3n) is 5.42. The molecule has 9 nitrogen and oxygen atoms in total. The fourth-order valence-electron chi connectivity index (χ4n) is 3.80. The van der Waals surface area contributed by atoms with Crippen LogP contribution in [-0.4, -0.2) is 52.3 Å². The Morgan fingerprint density at radius 3 is 2.65 bits per heavy atom. The van der Waals surface area contributed by atoms with Crippen LogP contribution in [0.2, 0.25) is 5.02 Å². The molecule has 4 rings (SSSR count). The van der Waals surface area contributed by atoms with Crippen molar-refractivity contribution >= 4 is 29.1 Å². The number of ether oxygens (including phenoxy) is 1. The topological polar surface area (TPSA) is 97.2 Å². The molecule has 3 heterocycles. The number of carbonyl (C=O) groups excluding carboxylic acids is 1. The minimum atomic E-state index is -0.263. The lowest BCUT2D eigenvalue weighted by Crippen LogP contribution is -2.51. The van der Waals surface area contributed by atoms with Crippen molar-refractivity contribution in [1.29, 1.82) is 0 Å². The summed E-state index contributed by atoms with van der Waals surface area (Å²) in [7, 11) is 3.48. The van der Waals surface area contributed by atoms with Crippen LogP contribution < -0.4 is 20.3 Å². The van der Waals surface area contributed by atoms with E-state index in [-0.39, 0.29) is 18.0 Å². The fourth-order valence-corrected chi connectivity index (χ4v) is 3.93. The van der Waals surface area contributed by atoms with E-state index in [9.17, 15) is 4.79 Å². The number of halogens is 1. The summed E-state index contributed by atoms with van der Waals surface area (Å²) in [4.78, 5) is 19.5. The summed E-state index contributed by atoms with van der Waals surface area (Å²) in [6, 6.07) is 10.5. The second kappa shape index (κ2) is 9.22. The number of aromatic nitrogens is 4. The van der Waals surface area contributed by atoms with Crippen molar-refractivity contribution in [2.45, 2.75) is 18.4 Å². The quantitative estimate of drug-likeness (QED) is 0.631. The molecule has 0 unspecified atom stereocenters. The van der Waals surface area contributed by atoms with Crippen LogP contribution >= 0.6 is 11.6 Å². The zero-order valence-corrected chi connectivity index (χ0v) is 18.1. The number of amides is 2. The molecule has 31 heavy (non-hydrogen) atoms. The van der Waals surface area contributed by atoms with Crippen LogP contribution in [0.5, 0.6) is 5.75 Å². The Hall–Kier alpha value is -3.33. The third-order valence-corrected chi connectivity index (χ3v) is 5.67.